The van der Waals surface area contributed by atoms with Crippen LogP contribution in [-0.4, -0.2) is 21.2 Å². The van der Waals surface area contributed by atoms with E-state index >= 15 is 0 Å². The molecule has 3 aliphatic carbocycles. The highest BCUT2D eigenvalue weighted by Gasteiger charge is 2.52. The van der Waals surface area contributed by atoms with Gasteiger partial charge in [0.05, 0.1) is 24.3 Å². The zero-order chi connectivity index (χ0) is 18.6. The number of benzene rings is 1. The highest BCUT2D eigenvalue weighted by atomic mass is 16.1. The number of carbonyl (C=O) groups is 2. The molecule has 5 nitrogen and oxygen atoms in total. The lowest BCUT2D eigenvalue weighted by molar-refractivity contribution is -0.137. The van der Waals surface area contributed by atoms with Gasteiger partial charge in [-0.25, -0.2) is 4.98 Å². The van der Waals surface area contributed by atoms with E-state index in [0.717, 1.165) is 50.6 Å². The number of amides is 1. The van der Waals surface area contributed by atoms with Gasteiger partial charge in [0.15, 0.2) is 0 Å². The van der Waals surface area contributed by atoms with Gasteiger partial charge < -0.3 is 10.3 Å². The number of carbonyl (C=O) groups excluding carboxylic acids is 2. The maximum atomic E-state index is 13.6. The minimum absolute atomic E-state index is 0.0339. The summed E-state index contributed by atoms with van der Waals surface area (Å²) in [4.78, 5) is 29.9. The molecule has 1 aromatic carbocycles. The van der Waals surface area contributed by atoms with Crippen molar-refractivity contribution in [3.8, 4) is 11.3 Å². The van der Waals surface area contributed by atoms with Gasteiger partial charge in [0.1, 0.15) is 5.78 Å². The molecule has 1 aliphatic heterocycles. The van der Waals surface area contributed by atoms with Gasteiger partial charge in [-0.15, -0.1) is 0 Å². The van der Waals surface area contributed by atoms with Crippen LogP contribution in [0.4, 0.5) is 0 Å². The molecule has 1 aromatic heterocycles. The van der Waals surface area contributed by atoms with Gasteiger partial charge in [0.25, 0.3) is 0 Å². The molecule has 27 heavy (non-hydrogen) atoms. The van der Waals surface area contributed by atoms with Crippen molar-refractivity contribution in [2.75, 3.05) is 0 Å². The highest BCUT2D eigenvalue weighted by molar-refractivity contribution is 5.88. The molecule has 140 valence electrons. The molecule has 3 fully saturated rings. The second kappa shape index (κ2) is 5.78. The normalized spacial score (nSPS) is 31.2. The van der Waals surface area contributed by atoms with E-state index in [2.05, 4.69) is 21.7 Å². The molecule has 0 saturated heterocycles. The van der Waals surface area contributed by atoms with Gasteiger partial charge in [-0.2, -0.15) is 0 Å². The number of fused-ring (bicyclic) bond motifs is 7. The number of nitrogens with zero attached hydrogens (tertiary/aromatic N) is 2. The number of rotatable bonds is 4. The maximum Gasteiger partial charge on any atom is 0.223 e. The molecule has 2 bridgehead atoms. The quantitative estimate of drug-likeness (QED) is 0.901. The maximum absolute atomic E-state index is 13.6. The van der Waals surface area contributed by atoms with Gasteiger partial charge in [0, 0.05) is 22.8 Å². The Morgan fingerprint density at radius 1 is 1.07 bits per heavy atom. The lowest BCUT2D eigenvalue weighted by atomic mass is 9.62. The monoisotopic (exact) mass is 363 g/mol. The first-order chi connectivity index (χ1) is 13.0. The third kappa shape index (κ3) is 2.33. The summed E-state index contributed by atoms with van der Waals surface area (Å²) in [5.41, 5.74) is 8.58. The zero-order valence-corrected chi connectivity index (χ0v) is 15.5. The Balaban J connectivity index is 1.43. The van der Waals surface area contributed by atoms with Crippen LogP contribution in [0.15, 0.2) is 36.8 Å². The van der Waals surface area contributed by atoms with Crippen LogP contribution in [0.2, 0.25) is 0 Å². The third-order valence-corrected chi connectivity index (χ3v) is 7.57. The Morgan fingerprint density at radius 3 is 2.56 bits per heavy atom. The van der Waals surface area contributed by atoms with Gasteiger partial charge in [-0.3, -0.25) is 9.59 Å². The number of imidazole rings is 1. The molecule has 2 heterocycles. The molecular formula is C22H25N3O2. The Labute approximate surface area is 159 Å². The van der Waals surface area contributed by atoms with Crippen molar-refractivity contribution in [3.05, 3.63) is 42.4 Å². The summed E-state index contributed by atoms with van der Waals surface area (Å²) < 4.78 is 2.15. The molecule has 1 unspecified atom stereocenters. The number of hydrogen-bond acceptors (Lipinski definition) is 3. The van der Waals surface area contributed by atoms with Crippen LogP contribution in [0.3, 0.4) is 0 Å². The summed E-state index contributed by atoms with van der Waals surface area (Å²) in [6.07, 6.45) is 10.0. The number of hydrogen-bond donors (Lipinski definition) is 1. The lowest BCUT2D eigenvalue weighted by Crippen LogP contribution is -2.43. The molecule has 2 N–H and O–H groups in total. The third-order valence-electron chi connectivity index (χ3n) is 7.57. The molecule has 5 heteroatoms. The Morgan fingerprint density at radius 2 is 1.78 bits per heavy atom. The van der Waals surface area contributed by atoms with E-state index in [1.807, 2.05) is 24.7 Å². The Hall–Kier alpha value is -2.43. The van der Waals surface area contributed by atoms with E-state index < -0.39 is 0 Å². The molecule has 0 spiro atoms. The second-order valence-corrected chi connectivity index (χ2v) is 8.69. The largest absolute Gasteiger partial charge is 0.369 e. The first-order valence-corrected chi connectivity index (χ1v) is 9.99. The molecular weight excluding hydrogens is 338 g/mol. The van der Waals surface area contributed by atoms with Gasteiger partial charge in [-0.05, 0) is 44.1 Å². The average Bonchev–Trinajstić information content (AvgIpc) is 3.12. The van der Waals surface area contributed by atoms with E-state index in [1.165, 1.54) is 11.1 Å². The van der Waals surface area contributed by atoms with E-state index in [0.29, 0.717) is 12.2 Å². The summed E-state index contributed by atoms with van der Waals surface area (Å²) >= 11 is 0. The first kappa shape index (κ1) is 16.7. The topological polar surface area (TPSA) is 78.0 Å². The van der Waals surface area contributed by atoms with E-state index in [9.17, 15) is 9.59 Å². The smallest absolute Gasteiger partial charge is 0.223 e. The Bertz CT molecular complexity index is 921. The molecule has 3 saturated carbocycles. The van der Waals surface area contributed by atoms with Crippen LogP contribution >= 0.6 is 0 Å². The molecule has 2 aromatic rings. The average molecular weight is 363 g/mol. The van der Waals surface area contributed by atoms with E-state index in [4.69, 9.17) is 5.73 Å². The number of Topliss-reactive ketones (excluding diaryl/α,β-unsaturated/α-hetero) is 1. The van der Waals surface area contributed by atoms with Gasteiger partial charge in [-0.1, -0.05) is 30.7 Å². The van der Waals surface area contributed by atoms with Crippen LogP contribution in [0, 0.1) is 10.8 Å². The van der Waals surface area contributed by atoms with Crippen molar-refractivity contribution in [1.82, 2.24) is 9.55 Å². The predicted molar refractivity (Wildman–Crippen MR) is 102 cm³/mol. The zero-order valence-electron chi connectivity index (χ0n) is 15.5. The van der Waals surface area contributed by atoms with E-state index in [-0.39, 0.29) is 22.8 Å². The van der Waals surface area contributed by atoms with Crippen molar-refractivity contribution in [3.63, 3.8) is 0 Å². The summed E-state index contributed by atoms with van der Waals surface area (Å²) in [6.45, 7) is 0. The number of ketones is 1. The molecule has 6 rings (SSSR count). The van der Waals surface area contributed by atoms with E-state index in [1.54, 1.807) is 0 Å². The van der Waals surface area contributed by atoms with Crippen LogP contribution in [0.1, 0.15) is 63.0 Å². The highest BCUT2D eigenvalue weighted by Crippen LogP contribution is 2.55. The van der Waals surface area contributed by atoms with Crippen LogP contribution in [0.25, 0.3) is 11.3 Å². The fourth-order valence-corrected chi connectivity index (χ4v) is 5.79. The first-order valence-electron chi connectivity index (χ1n) is 9.99. The van der Waals surface area contributed by atoms with Crippen LogP contribution in [-0.2, 0) is 9.59 Å². The number of primary amides is 1. The van der Waals surface area contributed by atoms with Crippen molar-refractivity contribution in [2.45, 2.75) is 57.4 Å². The minimum Gasteiger partial charge on any atom is -0.369 e. The predicted octanol–water partition coefficient (Wildman–Crippen LogP) is 3.63. The fourth-order valence-electron chi connectivity index (χ4n) is 5.79. The summed E-state index contributed by atoms with van der Waals surface area (Å²) in [6, 6.07) is 8.35. The second-order valence-electron chi connectivity index (χ2n) is 8.69. The summed E-state index contributed by atoms with van der Waals surface area (Å²) in [5.74, 6) is 0.182. The minimum atomic E-state index is -0.363. The lowest BCUT2D eigenvalue weighted by Gasteiger charge is -2.40. The number of nitrogens with two attached hydrogens (primary N) is 1. The summed E-state index contributed by atoms with van der Waals surface area (Å²) in [5, 5.41) is 0. The molecule has 1 amide bonds. The molecule has 1 atom stereocenters. The standard InChI is InChI=1S/C22H25N3O2/c23-20(27)22-7-3-6-21(8-10-22,9-11-22)19(26)12-17-15-4-1-2-5-16(15)18-13-24-14-25(17)18/h1-2,4-5,13-14,17H,3,6-12H2,(H2,23,27). The van der Waals surface area contributed by atoms with Gasteiger partial charge in [0.2, 0.25) is 5.91 Å². The van der Waals surface area contributed by atoms with Crippen molar-refractivity contribution < 1.29 is 9.59 Å². The van der Waals surface area contributed by atoms with Crippen molar-refractivity contribution in [2.24, 2.45) is 16.6 Å². The van der Waals surface area contributed by atoms with Crippen LogP contribution in [0.5, 0.6) is 0 Å². The SMILES string of the molecule is NC(=O)C12CCCC(C(=O)CC3c4ccccc4-c4cncn43)(CC1)CC2. The van der Waals surface area contributed by atoms with Crippen molar-refractivity contribution in [1.29, 1.82) is 0 Å². The number of aromatic nitrogens is 2. The Kier molecular flexibility index (Phi) is 3.58. The van der Waals surface area contributed by atoms with Gasteiger partial charge >= 0.3 is 0 Å². The summed E-state index contributed by atoms with van der Waals surface area (Å²) in [7, 11) is 0. The molecule has 4 aliphatic rings. The molecule has 0 radical (unpaired) electrons. The van der Waals surface area contributed by atoms with Crippen LogP contribution < -0.4 is 5.73 Å². The van der Waals surface area contributed by atoms with Crippen molar-refractivity contribution >= 4 is 11.7 Å². The fraction of sp³-hybridized carbons (Fsp3) is 0.500.